The number of nitrogens with zero attached hydrogens (tertiary/aromatic N) is 1. The number of hydrogen-bond donors (Lipinski definition) is 1. The maximum atomic E-state index is 13.7. The van der Waals surface area contributed by atoms with Gasteiger partial charge in [-0.3, -0.25) is 14.4 Å². The Bertz CT molecular complexity index is 690. The van der Waals surface area contributed by atoms with Crippen molar-refractivity contribution in [1.82, 2.24) is 4.90 Å². The van der Waals surface area contributed by atoms with Crippen LogP contribution in [0, 0.1) is 11.2 Å². The third kappa shape index (κ3) is 4.35. The van der Waals surface area contributed by atoms with E-state index in [1.54, 1.807) is 6.92 Å². The smallest absolute Gasteiger partial charge is 0.311 e. The van der Waals surface area contributed by atoms with E-state index in [2.05, 4.69) is 0 Å². The maximum absolute atomic E-state index is 13.7. The highest BCUT2D eigenvalue weighted by atomic mass is 19.1. The summed E-state index contributed by atoms with van der Waals surface area (Å²) in [5.74, 6) is -2.10. The third-order valence-electron chi connectivity index (χ3n) is 4.61. The van der Waals surface area contributed by atoms with E-state index in [9.17, 15) is 23.9 Å². The van der Waals surface area contributed by atoms with Crippen LogP contribution < -0.4 is 4.74 Å². The van der Waals surface area contributed by atoms with Gasteiger partial charge in [-0.1, -0.05) is 0 Å². The van der Waals surface area contributed by atoms with Crippen LogP contribution in [0.2, 0.25) is 0 Å². The zero-order valence-corrected chi connectivity index (χ0v) is 14.4. The molecule has 1 amide bonds. The first-order chi connectivity index (χ1) is 11.8. The van der Waals surface area contributed by atoms with Crippen LogP contribution in [0.5, 0.6) is 5.75 Å². The van der Waals surface area contributed by atoms with Gasteiger partial charge in [0.1, 0.15) is 0 Å². The van der Waals surface area contributed by atoms with E-state index in [1.807, 2.05) is 0 Å². The Kier molecular flexibility index (Phi) is 5.77. The van der Waals surface area contributed by atoms with Crippen molar-refractivity contribution < 1.29 is 28.6 Å². The van der Waals surface area contributed by atoms with Crippen LogP contribution >= 0.6 is 0 Å². The van der Waals surface area contributed by atoms with Gasteiger partial charge in [-0.2, -0.15) is 0 Å². The fraction of sp³-hybridized carbons (Fsp3) is 0.500. The first-order valence-electron chi connectivity index (χ1n) is 8.15. The minimum atomic E-state index is -0.947. The van der Waals surface area contributed by atoms with E-state index >= 15 is 0 Å². The highest BCUT2D eigenvalue weighted by Gasteiger charge is 2.39. The highest BCUT2D eigenvalue weighted by Crippen LogP contribution is 2.30. The Morgan fingerprint density at radius 1 is 1.32 bits per heavy atom. The van der Waals surface area contributed by atoms with Crippen LogP contribution in [0.15, 0.2) is 18.2 Å². The van der Waals surface area contributed by atoms with Crippen molar-refractivity contribution in [3.05, 3.63) is 29.6 Å². The van der Waals surface area contributed by atoms with Crippen molar-refractivity contribution >= 4 is 17.7 Å². The molecule has 0 aromatic heterocycles. The van der Waals surface area contributed by atoms with Crippen LogP contribution in [0.1, 0.15) is 43.0 Å². The van der Waals surface area contributed by atoms with E-state index in [-0.39, 0.29) is 42.4 Å². The number of ketones is 1. The summed E-state index contributed by atoms with van der Waals surface area (Å²) in [5, 5.41) is 9.29. The van der Waals surface area contributed by atoms with E-state index in [0.717, 1.165) is 6.07 Å². The summed E-state index contributed by atoms with van der Waals surface area (Å²) >= 11 is 0. The van der Waals surface area contributed by atoms with Gasteiger partial charge in [-0.25, -0.2) is 4.39 Å². The lowest BCUT2D eigenvalue weighted by atomic mass is 9.82. The number of carboxylic acid groups (broad SMARTS) is 1. The lowest BCUT2D eigenvalue weighted by molar-refractivity contribution is -0.153. The number of hydrogen-bond acceptors (Lipinski definition) is 4. The average Bonchev–Trinajstić information content (AvgIpc) is 2.59. The second kappa shape index (κ2) is 7.63. The first kappa shape index (κ1) is 18.9. The molecule has 1 aromatic rings. The number of rotatable bonds is 6. The lowest BCUT2D eigenvalue weighted by Crippen LogP contribution is -2.48. The second-order valence-electron chi connectivity index (χ2n) is 6.56. The Morgan fingerprint density at radius 2 is 2.04 bits per heavy atom. The molecule has 1 fully saturated rings. The van der Waals surface area contributed by atoms with Crippen molar-refractivity contribution in [2.75, 3.05) is 20.2 Å². The van der Waals surface area contributed by atoms with Crippen LogP contribution in [-0.4, -0.2) is 47.9 Å². The molecule has 0 saturated carbocycles. The van der Waals surface area contributed by atoms with E-state index in [1.165, 1.54) is 24.1 Å². The van der Waals surface area contributed by atoms with Crippen molar-refractivity contribution in [3.63, 3.8) is 0 Å². The molecule has 0 aliphatic carbocycles. The van der Waals surface area contributed by atoms with Gasteiger partial charge in [0.2, 0.25) is 5.91 Å². The average molecular weight is 351 g/mol. The minimum absolute atomic E-state index is 0.0256. The number of Topliss-reactive ketones (excluding diaryl/α,β-unsaturated/α-hetero) is 1. The quantitative estimate of drug-likeness (QED) is 0.796. The Labute approximate surface area is 145 Å². The van der Waals surface area contributed by atoms with Gasteiger partial charge >= 0.3 is 5.97 Å². The zero-order valence-electron chi connectivity index (χ0n) is 14.4. The van der Waals surface area contributed by atoms with E-state index < -0.39 is 17.2 Å². The van der Waals surface area contributed by atoms with Crippen molar-refractivity contribution in [2.24, 2.45) is 5.41 Å². The molecular formula is C18H22FNO5. The summed E-state index contributed by atoms with van der Waals surface area (Å²) in [6.45, 7) is 2.26. The molecule has 136 valence electrons. The van der Waals surface area contributed by atoms with Crippen molar-refractivity contribution in [3.8, 4) is 5.75 Å². The number of aliphatic carboxylic acids is 1. The molecule has 1 aliphatic rings. The number of halogens is 1. The molecule has 1 heterocycles. The molecule has 1 unspecified atom stereocenters. The number of methoxy groups -OCH3 is 1. The molecule has 7 heteroatoms. The number of piperidine rings is 1. The topological polar surface area (TPSA) is 83.9 Å². The molecule has 1 aromatic carbocycles. The third-order valence-corrected chi connectivity index (χ3v) is 4.61. The normalized spacial score (nSPS) is 20.2. The fourth-order valence-electron chi connectivity index (χ4n) is 2.99. The highest BCUT2D eigenvalue weighted by molar-refractivity contribution is 5.98. The molecule has 2 rings (SSSR count). The first-order valence-corrected chi connectivity index (χ1v) is 8.15. The van der Waals surface area contributed by atoms with Crippen molar-refractivity contribution in [2.45, 2.75) is 32.6 Å². The maximum Gasteiger partial charge on any atom is 0.311 e. The monoisotopic (exact) mass is 351 g/mol. The number of ether oxygens (including phenoxy) is 1. The Morgan fingerprint density at radius 3 is 2.64 bits per heavy atom. The number of benzene rings is 1. The van der Waals surface area contributed by atoms with Gasteiger partial charge in [0, 0.05) is 31.5 Å². The number of carbonyl (C=O) groups excluding carboxylic acids is 2. The molecule has 1 aliphatic heterocycles. The molecule has 25 heavy (non-hydrogen) atoms. The second-order valence-corrected chi connectivity index (χ2v) is 6.56. The molecule has 1 saturated heterocycles. The number of likely N-dealkylation sites (tertiary alicyclic amines) is 1. The van der Waals surface area contributed by atoms with Crippen LogP contribution in [-0.2, 0) is 9.59 Å². The van der Waals surface area contributed by atoms with Gasteiger partial charge < -0.3 is 14.7 Å². The molecule has 0 bridgehead atoms. The molecule has 6 nitrogen and oxygen atoms in total. The molecule has 0 radical (unpaired) electrons. The van der Waals surface area contributed by atoms with Gasteiger partial charge in [0.25, 0.3) is 0 Å². The summed E-state index contributed by atoms with van der Waals surface area (Å²) in [4.78, 5) is 37.3. The fourth-order valence-corrected chi connectivity index (χ4v) is 2.99. The summed E-state index contributed by atoms with van der Waals surface area (Å²) in [6.07, 6.45) is 1.06. The van der Waals surface area contributed by atoms with Gasteiger partial charge in [-0.15, -0.1) is 0 Å². The number of carbonyl (C=O) groups is 3. The predicted octanol–water partition coefficient (Wildman–Crippen LogP) is 2.51. The van der Waals surface area contributed by atoms with Crippen LogP contribution in [0.4, 0.5) is 4.39 Å². The standard InChI is InChI=1S/C18H22FNO5/c1-18(17(23)24)8-3-9-20(11-18)16(22)7-5-14(21)12-4-6-15(25-2)13(19)10-12/h4,6,10H,3,5,7-9,11H2,1-2H3,(H,23,24). The van der Waals surface area contributed by atoms with E-state index in [0.29, 0.717) is 19.4 Å². The van der Waals surface area contributed by atoms with Gasteiger partial charge in [0.15, 0.2) is 17.3 Å². The summed E-state index contributed by atoms with van der Waals surface area (Å²) < 4.78 is 18.5. The predicted molar refractivity (Wildman–Crippen MR) is 88.1 cm³/mol. The Balaban J connectivity index is 1.94. The summed E-state index contributed by atoms with van der Waals surface area (Å²) in [5.41, 5.74) is -0.767. The van der Waals surface area contributed by atoms with Crippen LogP contribution in [0.3, 0.4) is 0 Å². The van der Waals surface area contributed by atoms with Crippen LogP contribution in [0.25, 0.3) is 0 Å². The summed E-state index contributed by atoms with van der Waals surface area (Å²) in [6, 6.07) is 3.92. The molecule has 0 spiro atoms. The van der Waals surface area contributed by atoms with Gasteiger partial charge in [0.05, 0.1) is 12.5 Å². The van der Waals surface area contributed by atoms with Gasteiger partial charge in [-0.05, 0) is 38.0 Å². The minimum Gasteiger partial charge on any atom is -0.494 e. The largest absolute Gasteiger partial charge is 0.494 e. The van der Waals surface area contributed by atoms with E-state index in [4.69, 9.17) is 4.74 Å². The number of carboxylic acids is 1. The lowest BCUT2D eigenvalue weighted by Gasteiger charge is -2.37. The van der Waals surface area contributed by atoms with Crippen molar-refractivity contribution in [1.29, 1.82) is 0 Å². The molecule has 1 atom stereocenters. The molecular weight excluding hydrogens is 329 g/mol. The number of amides is 1. The molecule has 1 N–H and O–H groups in total. The summed E-state index contributed by atoms with van der Waals surface area (Å²) in [7, 11) is 1.34. The zero-order chi connectivity index (χ0) is 18.6. The SMILES string of the molecule is COc1ccc(C(=O)CCC(=O)N2CCCC(C)(C(=O)O)C2)cc1F. The Hall–Kier alpha value is -2.44.